The van der Waals surface area contributed by atoms with Crippen LogP contribution in [0.2, 0.25) is 0 Å². The van der Waals surface area contributed by atoms with Crippen LogP contribution in [0.1, 0.15) is 55.7 Å². The topological polar surface area (TPSA) is 112 Å². The number of nitrogens with two attached hydrogens (primary N) is 1. The van der Waals surface area contributed by atoms with Gasteiger partial charge in [0.15, 0.2) is 5.82 Å². The number of piperidine rings is 1. The van der Waals surface area contributed by atoms with E-state index in [0.717, 1.165) is 24.1 Å². The van der Waals surface area contributed by atoms with Crippen molar-refractivity contribution in [3.63, 3.8) is 0 Å². The molecule has 4 aromatic heterocycles. The number of hydrogen-bond acceptors (Lipinski definition) is 7. The van der Waals surface area contributed by atoms with Gasteiger partial charge in [0.2, 0.25) is 11.8 Å². The number of carbonyl (C=O) groups excluding carboxylic acids is 1. The first-order valence-electron chi connectivity index (χ1n) is 12.6. The SMILES string of the molecule is CC#CC(=O)N1CCCC(c2nc(-c3ccc(Oc4cc(C5CC5)ccn4)cn3)n3c(N)nccc23)C1. The van der Waals surface area contributed by atoms with Crippen LogP contribution in [0.4, 0.5) is 5.95 Å². The maximum absolute atomic E-state index is 12.4. The lowest BCUT2D eigenvalue weighted by molar-refractivity contribution is -0.126. The summed E-state index contributed by atoms with van der Waals surface area (Å²) in [4.78, 5) is 32.4. The number of pyridine rings is 2. The summed E-state index contributed by atoms with van der Waals surface area (Å²) in [6.07, 6.45) is 9.38. The summed E-state index contributed by atoms with van der Waals surface area (Å²) in [7, 11) is 0. The highest BCUT2D eigenvalue weighted by Gasteiger charge is 2.29. The van der Waals surface area contributed by atoms with Crippen LogP contribution in [0, 0.1) is 11.8 Å². The van der Waals surface area contributed by atoms with Gasteiger partial charge in [-0.25, -0.2) is 19.9 Å². The molecule has 1 saturated carbocycles. The number of anilines is 1. The Morgan fingerprint density at radius 1 is 1.08 bits per heavy atom. The molecule has 2 fully saturated rings. The van der Waals surface area contributed by atoms with E-state index in [2.05, 4.69) is 26.8 Å². The second-order valence-electron chi connectivity index (χ2n) is 9.49. The third kappa shape index (κ3) is 4.58. The Hall–Kier alpha value is -4.45. The number of amides is 1. The molecule has 1 aliphatic heterocycles. The first-order valence-corrected chi connectivity index (χ1v) is 12.6. The molecule has 186 valence electrons. The number of ether oxygens (including phenoxy) is 1. The first kappa shape index (κ1) is 23.0. The zero-order chi connectivity index (χ0) is 25.4. The minimum absolute atomic E-state index is 0.0642. The Morgan fingerprint density at radius 2 is 1.95 bits per heavy atom. The Balaban J connectivity index is 1.30. The zero-order valence-electron chi connectivity index (χ0n) is 20.6. The third-order valence-corrected chi connectivity index (χ3v) is 6.93. The van der Waals surface area contributed by atoms with E-state index in [4.69, 9.17) is 15.5 Å². The van der Waals surface area contributed by atoms with Gasteiger partial charge >= 0.3 is 0 Å². The molecule has 4 aromatic rings. The number of fused-ring (bicyclic) bond motifs is 1. The normalized spacial score (nSPS) is 17.3. The molecule has 0 bridgehead atoms. The predicted octanol–water partition coefficient (Wildman–Crippen LogP) is 4.17. The lowest BCUT2D eigenvalue weighted by atomic mass is 9.94. The van der Waals surface area contributed by atoms with Gasteiger partial charge in [-0.2, -0.15) is 0 Å². The molecule has 1 amide bonds. The zero-order valence-corrected chi connectivity index (χ0v) is 20.6. The Bertz CT molecular complexity index is 1530. The number of rotatable bonds is 5. The van der Waals surface area contributed by atoms with E-state index in [1.807, 2.05) is 34.7 Å². The number of hydrogen-bond donors (Lipinski definition) is 1. The Kier molecular flexibility index (Phi) is 5.93. The van der Waals surface area contributed by atoms with E-state index >= 15 is 0 Å². The van der Waals surface area contributed by atoms with Crippen molar-refractivity contribution in [1.29, 1.82) is 0 Å². The molecule has 9 heteroatoms. The smallest absolute Gasteiger partial charge is 0.298 e. The summed E-state index contributed by atoms with van der Waals surface area (Å²) in [6, 6.07) is 9.66. The van der Waals surface area contributed by atoms with E-state index in [9.17, 15) is 4.79 Å². The molecule has 1 atom stereocenters. The fourth-order valence-corrected chi connectivity index (χ4v) is 4.97. The maximum Gasteiger partial charge on any atom is 0.298 e. The van der Waals surface area contributed by atoms with Crippen LogP contribution >= 0.6 is 0 Å². The van der Waals surface area contributed by atoms with Gasteiger partial charge in [0.25, 0.3) is 5.91 Å². The van der Waals surface area contributed by atoms with Gasteiger partial charge in [0.1, 0.15) is 11.4 Å². The molecule has 37 heavy (non-hydrogen) atoms. The van der Waals surface area contributed by atoms with Crippen molar-refractivity contribution in [3.8, 4) is 35.0 Å². The molecule has 6 rings (SSSR count). The van der Waals surface area contributed by atoms with Gasteiger partial charge in [-0.3, -0.25) is 9.20 Å². The van der Waals surface area contributed by atoms with Crippen molar-refractivity contribution in [2.45, 2.75) is 44.4 Å². The average molecular weight is 494 g/mol. The summed E-state index contributed by atoms with van der Waals surface area (Å²) >= 11 is 0. The fraction of sp³-hybridized carbons (Fsp3) is 0.321. The number of nitrogen functional groups attached to an aromatic ring is 1. The maximum atomic E-state index is 12.4. The van der Waals surface area contributed by atoms with E-state index in [0.29, 0.717) is 48.1 Å². The Morgan fingerprint density at radius 3 is 2.73 bits per heavy atom. The van der Waals surface area contributed by atoms with Crippen LogP contribution < -0.4 is 10.5 Å². The summed E-state index contributed by atoms with van der Waals surface area (Å²) in [6.45, 7) is 2.94. The predicted molar refractivity (Wildman–Crippen MR) is 139 cm³/mol. The molecule has 5 heterocycles. The average Bonchev–Trinajstić information content (AvgIpc) is 3.70. The minimum Gasteiger partial charge on any atom is -0.437 e. The number of likely N-dealkylation sites (tertiary alicyclic amines) is 1. The van der Waals surface area contributed by atoms with Crippen molar-refractivity contribution in [1.82, 2.24) is 29.2 Å². The molecule has 1 saturated heterocycles. The monoisotopic (exact) mass is 493 g/mol. The molecule has 1 aliphatic carbocycles. The minimum atomic E-state index is -0.147. The van der Waals surface area contributed by atoms with Gasteiger partial charge < -0.3 is 15.4 Å². The lowest BCUT2D eigenvalue weighted by Gasteiger charge is -2.30. The number of imidazole rings is 1. The molecule has 0 aromatic carbocycles. The molecule has 2 N–H and O–H groups in total. The van der Waals surface area contributed by atoms with Crippen LogP contribution in [0.15, 0.2) is 48.9 Å². The molecule has 0 radical (unpaired) electrons. The highest BCUT2D eigenvalue weighted by atomic mass is 16.5. The van der Waals surface area contributed by atoms with Crippen LogP contribution in [0.3, 0.4) is 0 Å². The van der Waals surface area contributed by atoms with Crippen LogP contribution in [0.25, 0.3) is 17.0 Å². The van der Waals surface area contributed by atoms with Gasteiger partial charge in [-0.1, -0.05) is 5.92 Å². The van der Waals surface area contributed by atoms with Crippen molar-refractivity contribution in [2.75, 3.05) is 18.8 Å². The van der Waals surface area contributed by atoms with Crippen LogP contribution in [0.5, 0.6) is 11.6 Å². The van der Waals surface area contributed by atoms with Gasteiger partial charge in [-0.05, 0) is 74.3 Å². The number of aromatic nitrogens is 5. The molecule has 1 unspecified atom stereocenters. The Labute approximate surface area is 214 Å². The first-order chi connectivity index (χ1) is 18.1. The van der Waals surface area contributed by atoms with Crippen molar-refractivity contribution in [3.05, 3.63) is 60.2 Å². The molecule has 2 aliphatic rings. The summed E-state index contributed by atoms with van der Waals surface area (Å²) in [5, 5.41) is 0. The van der Waals surface area contributed by atoms with E-state index in [1.165, 1.54) is 18.4 Å². The highest BCUT2D eigenvalue weighted by molar-refractivity contribution is 5.93. The highest BCUT2D eigenvalue weighted by Crippen LogP contribution is 2.41. The van der Waals surface area contributed by atoms with E-state index in [-0.39, 0.29) is 11.8 Å². The molecule has 0 spiro atoms. The fourth-order valence-electron chi connectivity index (χ4n) is 4.97. The second kappa shape index (κ2) is 9.54. The van der Waals surface area contributed by atoms with Gasteiger partial charge in [0.05, 0.1) is 17.4 Å². The molecular formula is C28H27N7O2. The molecule has 9 nitrogen and oxygen atoms in total. The standard InChI is InChI=1S/C28H27N7O2/c1-2-4-25(36)34-14-3-5-20(17-34)26-23-11-13-31-28(29)35(23)27(33-26)22-9-8-21(16-32-22)37-24-15-19(10-12-30-24)18-6-7-18/h8-13,15-16,18,20H,3,5-7,14,17H2,1H3,(H2,29,31). The largest absolute Gasteiger partial charge is 0.437 e. The van der Waals surface area contributed by atoms with Crippen molar-refractivity contribution < 1.29 is 9.53 Å². The van der Waals surface area contributed by atoms with Crippen molar-refractivity contribution in [2.24, 2.45) is 0 Å². The quantitative estimate of drug-likeness (QED) is 0.415. The third-order valence-electron chi connectivity index (χ3n) is 6.93. The van der Waals surface area contributed by atoms with Gasteiger partial charge in [-0.15, -0.1) is 0 Å². The van der Waals surface area contributed by atoms with E-state index < -0.39 is 0 Å². The number of carbonyl (C=O) groups is 1. The van der Waals surface area contributed by atoms with Crippen LogP contribution in [-0.4, -0.2) is 48.2 Å². The lowest BCUT2D eigenvalue weighted by Crippen LogP contribution is -2.38. The van der Waals surface area contributed by atoms with Gasteiger partial charge in [0, 0.05) is 37.5 Å². The molecular weight excluding hydrogens is 466 g/mol. The number of nitrogens with zero attached hydrogens (tertiary/aromatic N) is 6. The summed E-state index contributed by atoms with van der Waals surface area (Å²) < 4.78 is 7.79. The van der Waals surface area contributed by atoms with Crippen LogP contribution in [-0.2, 0) is 4.79 Å². The van der Waals surface area contributed by atoms with Crippen molar-refractivity contribution >= 4 is 17.4 Å². The second-order valence-corrected chi connectivity index (χ2v) is 9.49. The summed E-state index contributed by atoms with van der Waals surface area (Å²) in [5.41, 5.74) is 9.96. The summed E-state index contributed by atoms with van der Waals surface area (Å²) in [5.74, 6) is 7.99. The van der Waals surface area contributed by atoms with E-state index in [1.54, 1.807) is 30.4 Å².